The fourth-order valence-electron chi connectivity index (χ4n) is 2.60. The number of rotatable bonds is 5. The number of nitro benzene ring substituents is 1. The van der Waals surface area contributed by atoms with Gasteiger partial charge in [0, 0.05) is 24.7 Å². The lowest BCUT2D eigenvalue weighted by Crippen LogP contribution is -2.37. The van der Waals surface area contributed by atoms with Gasteiger partial charge in [0.1, 0.15) is 0 Å². The van der Waals surface area contributed by atoms with Crippen LogP contribution in [0.5, 0.6) is 0 Å². The van der Waals surface area contributed by atoms with Gasteiger partial charge in [-0.15, -0.1) is 0 Å². The summed E-state index contributed by atoms with van der Waals surface area (Å²) in [5.74, 6) is 0.432. The molecule has 0 unspecified atom stereocenters. The highest BCUT2D eigenvalue weighted by Crippen LogP contribution is 2.26. The zero-order valence-electron chi connectivity index (χ0n) is 12.2. The molecule has 0 N–H and O–H groups in total. The number of nitrogens with zero attached hydrogens (tertiary/aromatic N) is 2. The lowest BCUT2D eigenvalue weighted by atomic mass is 10.1. The van der Waals surface area contributed by atoms with E-state index in [0.717, 1.165) is 12.0 Å². The van der Waals surface area contributed by atoms with Crippen LogP contribution in [0.25, 0.3) is 0 Å². The van der Waals surface area contributed by atoms with Gasteiger partial charge in [0.2, 0.25) is 10.0 Å². The van der Waals surface area contributed by atoms with Gasteiger partial charge < -0.3 is 0 Å². The van der Waals surface area contributed by atoms with Gasteiger partial charge in [-0.05, 0) is 31.2 Å². The average Bonchev–Trinajstić information content (AvgIpc) is 2.78. The third-order valence-electron chi connectivity index (χ3n) is 4.24. The molecule has 0 spiro atoms. The lowest BCUT2D eigenvalue weighted by Gasteiger charge is -2.22. The van der Waals surface area contributed by atoms with Crippen molar-refractivity contribution < 1.29 is 13.3 Å². The van der Waals surface area contributed by atoms with E-state index in [4.69, 9.17) is 0 Å². The Hall–Kier alpha value is -1.47. The summed E-state index contributed by atoms with van der Waals surface area (Å²) in [6.45, 7) is 4.60. The van der Waals surface area contributed by atoms with Crippen LogP contribution in [-0.2, 0) is 16.4 Å². The van der Waals surface area contributed by atoms with E-state index >= 15 is 0 Å². The first kappa shape index (κ1) is 15.9. The maximum absolute atomic E-state index is 12.4. The Labute approximate surface area is 125 Å². The van der Waals surface area contributed by atoms with Crippen molar-refractivity contribution in [2.24, 2.45) is 5.92 Å². The summed E-state index contributed by atoms with van der Waals surface area (Å²) in [7, 11) is -3.27. The summed E-state index contributed by atoms with van der Waals surface area (Å²) in [4.78, 5) is 10.1. The van der Waals surface area contributed by atoms with Gasteiger partial charge in [0.25, 0.3) is 5.69 Å². The topological polar surface area (TPSA) is 80.5 Å². The van der Waals surface area contributed by atoms with Crippen LogP contribution < -0.4 is 0 Å². The van der Waals surface area contributed by atoms with E-state index in [9.17, 15) is 18.5 Å². The fourth-order valence-corrected chi connectivity index (χ4v) is 4.43. The molecule has 0 aliphatic carbocycles. The van der Waals surface area contributed by atoms with Crippen LogP contribution >= 0.6 is 0 Å². The minimum atomic E-state index is -3.27. The van der Waals surface area contributed by atoms with E-state index in [1.54, 1.807) is 16.4 Å². The van der Waals surface area contributed by atoms with Crippen LogP contribution in [0.4, 0.5) is 5.69 Å². The molecule has 1 fully saturated rings. The Bertz CT molecular complexity index is 612. The van der Waals surface area contributed by atoms with Crippen molar-refractivity contribution in [3.63, 3.8) is 0 Å². The maximum Gasteiger partial charge on any atom is 0.269 e. The summed E-state index contributed by atoms with van der Waals surface area (Å²) >= 11 is 0. The molecular formula is C14H20N2O4S. The number of benzene rings is 1. The smallest absolute Gasteiger partial charge is 0.258 e. The lowest BCUT2D eigenvalue weighted by molar-refractivity contribution is -0.384. The van der Waals surface area contributed by atoms with Crippen LogP contribution in [0.15, 0.2) is 24.3 Å². The molecule has 1 heterocycles. The Morgan fingerprint density at radius 2 is 1.90 bits per heavy atom. The van der Waals surface area contributed by atoms with E-state index in [2.05, 4.69) is 6.92 Å². The number of hydrogen-bond donors (Lipinski definition) is 0. The molecule has 2 atom stereocenters. The highest BCUT2D eigenvalue weighted by Gasteiger charge is 2.35. The molecule has 2 rings (SSSR count). The second-order valence-electron chi connectivity index (χ2n) is 5.61. The normalized spacial score (nSPS) is 23.3. The fraction of sp³-hybridized carbons (Fsp3) is 0.571. The quantitative estimate of drug-likeness (QED) is 0.616. The van der Waals surface area contributed by atoms with Crippen molar-refractivity contribution in [2.75, 3.05) is 12.3 Å². The Morgan fingerprint density at radius 3 is 2.38 bits per heavy atom. The van der Waals surface area contributed by atoms with Crippen molar-refractivity contribution in [3.05, 3.63) is 39.9 Å². The molecule has 1 aromatic rings. The summed E-state index contributed by atoms with van der Waals surface area (Å²) < 4.78 is 26.3. The molecule has 1 saturated heterocycles. The average molecular weight is 312 g/mol. The van der Waals surface area contributed by atoms with Crippen molar-refractivity contribution >= 4 is 15.7 Å². The zero-order valence-corrected chi connectivity index (χ0v) is 13.0. The third kappa shape index (κ3) is 3.59. The monoisotopic (exact) mass is 312 g/mol. The number of nitro groups is 1. The van der Waals surface area contributed by atoms with Crippen LogP contribution in [-0.4, -0.2) is 36.0 Å². The van der Waals surface area contributed by atoms with Gasteiger partial charge >= 0.3 is 0 Å². The van der Waals surface area contributed by atoms with Crippen LogP contribution in [0.2, 0.25) is 0 Å². The molecule has 1 aliphatic heterocycles. The van der Waals surface area contributed by atoms with Crippen molar-refractivity contribution in [2.45, 2.75) is 32.7 Å². The molecule has 0 radical (unpaired) electrons. The van der Waals surface area contributed by atoms with E-state index < -0.39 is 14.9 Å². The molecule has 0 bridgehead atoms. The molecule has 0 amide bonds. The van der Waals surface area contributed by atoms with Gasteiger partial charge in [-0.1, -0.05) is 19.1 Å². The Kier molecular flexibility index (Phi) is 4.63. The number of sulfonamides is 1. The Balaban J connectivity index is 2.00. The van der Waals surface area contributed by atoms with Crippen molar-refractivity contribution in [1.29, 1.82) is 0 Å². The molecule has 116 valence electrons. The van der Waals surface area contributed by atoms with Gasteiger partial charge in [-0.3, -0.25) is 10.1 Å². The molecule has 6 nitrogen and oxygen atoms in total. The molecule has 0 aromatic heterocycles. The minimum Gasteiger partial charge on any atom is -0.258 e. The van der Waals surface area contributed by atoms with Crippen LogP contribution in [0.3, 0.4) is 0 Å². The molecule has 21 heavy (non-hydrogen) atoms. The summed E-state index contributed by atoms with van der Waals surface area (Å²) in [6, 6.07) is 6.09. The van der Waals surface area contributed by atoms with E-state index in [-0.39, 0.29) is 17.5 Å². The predicted octanol–water partition coefficient (Wildman–Crippen LogP) is 2.20. The number of aryl methyl sites for hydroxylation is 1. The largest absolute Gasteiger partial charge is 0.269 e. The van der Waals surface area contributed by atoms with Gasteiger partial charge in [-0.2, -0.15) is 4.31 Å². The third-order valence-corrected chi connectivity index (χ3v) is 6.19. The first-order valence-electron chi connectivity index (χ1n) is 7.04. The first-order chi connectivity index (χ1) is 9.81. The minimum absolute atomic E-state index is 0.0172. The summed E-state index contributed by atoms with van der Waals surface area (Å²) in [5, 5.41) is 10.6. The molecule has 1 aliphatic rings. The second kappa shape index (κ2) is 6.11. The van der Waals surface area contributed by atoms with Crippen molar-refractivity contribution in [1.82, 2.24) is 4.31 Å². The van der Waals surface area contributed by atoms with E-state index in [1.807, 2.05) is 6.92 Å². The standard InChI is InChI=1S/C14H20N2O4S/c1-11-7-9-15(12(11)2)21(19,20)10-8-13-3-5-14(6-4-13)16(17)18/h3-6,11-12H,7-10H2,1-2H3/t11-,12-/m1/s1. The molecule has 0 saturated carbocycles. The van der Waals surface area contributed by atoms with Crippen LogP contribution in [0, 0.1) is 16.0 Å². The van der Waals surface area contributed by atoms with E-state index in [1.165, 1.54) is 12.1 Å². The SMILES string of the molecule is C[C@@H]1CCN(S(=O)(=O)CCc2ccc([N+](=O)[O-])cc2)[C@@H]1C. The summed E-state index contributed by atoms with van der Waals surface area (Å²) in [6.07, 6.45) is 1.27. The molecular weight excluding hydrogens is 292 g/mol. The predicted molar refractivity (Wildman–Crippen MR) is 80.5 cm³/mol. The Morgan fingerprint density at radius 1 is 1.29 bits per heavy atom. The number of non-ortho nitro benzene ring substituents is 1. The molecule has 7 heteroatoms. The highest BCUT2D eigenvalue weighted by molar-refractivity contribution is 7.89. The van der Waals surface area contributed by atoms with Gasteiger partial charge in [-0.25, -0.2) is 8.42 Å². The zero-order chi connectivity index (χ0) is 15.6. The van der Waals surface area contributed by atoms with Crippen molar-refractivity contribution in [3.8, 4) is 0 Å². The highest BCUT2D eigenvalue weighted by atomic mass is 32.2. The van der Waals surface area contributed by atoms with Gasteiger partial charge in [0.15, 0.2) is 0 Å². The second-order valence-corrected chi connectivity index (χ2v) is 7.65. The maximum atomic E-state index is 12.4. The number of hydrogen-bond acceptors (Lipinski definition) is 4. The molecule has 1 aromatic carbocycles. The van der Waals surface area contributed by atoms with Gasteiger partial charge in [0.05, 0.1) is 10.7 Å². The van der Waals surface area contributed by atoms with E-state index in [0.29, 0.717) is 18.9 Å². The first-order valence-corrected chi connectivity index (χ1v) is 8.65. The summed E-state index contributed by atoms with van der Waals surface area (Å²) in [5.41, 5.74) is 0.813. The van der Waals surface area contributed by atoms with Crippen LogP contribution in [0.1, 0.15) is 25.8 Å².